The quantitative estimate of drug-likeness (QED) is 0.730. The molecule has 1 aromatic heterocycles. The van der Waals surface area contributed by atoms with E-state index < -0.39 is 6.10 Å². The first-order valence-corrected chi connectivity index (χ1v) is 8.08. The fourth-order valence-electron chi connectivity index (χ4n) is 2.14. The van der Waals surface area contributed by atoms with E-state index in [2.05, 4.69) is 15.5 Å². The molecule has 1 amide bonds. The van der Waals surface area contributed by atoms with Gasteiger partial charge in [-0.25, -0.2) is 0 Å². The van der Waals surface area contributed by atoms with Crippen LogP contribution in [0.2, 0.25) is 5.02 Å². The molecular weight excluding hydrogens is 342 g/mol. The van der Waals surface area contributed by atoms with Crippen molar-refractivity contribution in [1.82, 2.24) is 15.5 Å². The molecule has 6 nitrogen and oxygen atoms in total. The third-order valence-corrected chi connectivity index (χ3v) is 3.75. The Morgan fingerprint density at radius 3 is 2.68 bits per heavy atom. The summed E-state index contributed by atoms with van der Waals surface area (Å²) in [7, 11) is 0. The summed E-state index contributed by atoms with van der Waals surface area (Å²) in [5, 5.41) is 7.12. The molecule has 0 spiro atoms. The fraction of sp³-hybridized carbons (Fsp3) is 0.167. The molecule has 1 atom stereocenters. The van der Waals surface area contributed by atoms with E-state index in [4.69, 9.17) is 20.9 Å². The number of aromatic nitrogens is 2. The summed E-state index contributed by atoms with van der Waals surface area (Å²) in [6, 6.07) is 16.3. The second-order valence-electron chi connectivity index (χ2n) is 5.28. The maximum atomic E-state index is 12.1. The van der Waals surface area contributed by atoms with E-state index in [1.54, 1.807) is 31.2 Å². The van der Waals surface area contributed by atoms with Gasteiger partial charge in [-0.15, -0.1) is 0 Å². The molecule has 0 radical (unpaired) electrons. The molecule has 0 aliphatic carbocycles. The zero-order chi connectivity index (χ0) is 17.6. The van der Waals surface area contributed by atoms with Crippen molar-refractivity contribution in [3.63, 3.8) is 0 Å². The number of rotatable bonds is 6. The number of carbonyl (C=O) groups excluding carboxylic acids is 1. The average Bonchev–Trinajstić information content (AvgIpc) is 3.09. The van der Waals surface area contributed by atoms with E-state index in [0.29, 0.717) is 22.2 Å². The van der Waals surface area contributed by atoms with Crippen LogP contribution >= 0.6 is 11.6 Å². The van der Waals surface area contributed by atoms with Gasteiger partial charge in [0.2, 0.25) is 11.7 Å². The number of hydrogen-bond donors (Lipinski definition) is 1. The monoisotopic (exact) mass is 357 g/mol. The van der Waals surface area contributed by atoms with E-state index >= 15 is 0 Å². The zero-order valence-corrected chi connectivity index (χ0v) is 14.2. The van der Waals surface area contributed by atoms with Crippen LogP contribution in [0.4, 0.5) is 0 Å². The Labute approximate surface area is 149 Å². The molecular formula is C18H16ClN3O3. The van der Waals surface area contributed by atoms with Gasteiger partial charge in [0.25, 0.3) is 5.91 Å². The Kier molecular flexibility index (Phi) is 5.30. The molecule has 7 heteroatoms. The van der Waals surface area contributed by atoms with Crippen LogP contribution in [0.5, 0.6) is 5.75 Å². The summed E-state index contributed by atoms with van der Waals surface area (Å²) in [6.07, 6.45) is -0.645. The van der Waals surface area contributed by atoms with Crippen molar-refractivity contribution >= 4 is 17.5 Å². The summed E-state index contributed by atoms with van der Waals surface area (Å²) >= 11 is 6.11. The second-order valence-corrected chi connectivity index (χ2v) is 5.69. The van der Waals surface area contributed by atoms with E-state index in [0.717, 1.165) is 0 Å². The SMILES string of the molecule is C[C@H](Oc1ccccc1)C(=O)NCc1nc(-c2ccccc2Cl)no1. The van der Waals surface area contributed by atoms with Crippen LogP contribution in [-0.2, 0) is 11.3 Å². The summed E-state index contributed by atoms with van der Waals surface area (Å²) < 4.78 is 10.7. The molecule has 1 N–H and O–H groups in total. The first-order chi connectivity index (χ1) is 12.1. The number of hydrogen-bond acceptors (Lipinski definition) is 5. The molecule has 0 unspecified atom stereocenters. The molecule has 3 aromatic rings. The van der Waals surface area contributed by atoms with Crippen molar-refractivity contribution in [3.05, 3.63) is 65.5 Å². The van der Waals surface area contributed by atoms with Crippen molar-refractivity contribution in [2.45, 2.75) is 19.6 Å². The molecule has 3 rings (SSSR count). The van der Waals surface area contributed by atoms with Crippen molar-refractivity contribution in [3.8, 4) is 17.1 Å². The number of ether oxygens (including phenoxy) is 1. The molecule has 0 saturated carbocycles. The third-order valence-electron chi connectivity index (χ3n) is 3.42. The van der Waals surface area contributed by atoms with Gasteiger partial charge in [0.1, 0.15) is 5.75 Å². The maximum Gasteiger partial charge on any atom is 0.261 e. The number of amides is 1. The Morgan fingerprint density at radius 2 is 1.92 bits per heavy atom. The van der Waals surface area contributed by atoms with Gasteiger partial charge in [0, 0.05) is 5.56 Å². The molecule has 128 valence electrons. The Hall–Kier alpha value is -2.86. The van der Waals surface area contributed by atoms with E-state index in [1.165, 1.54) is 0 Å². The van der Waals surface area contributed by atoms with Gasteiger partial charge < -0.3 is 14.6 Å². The Balaban J connectivity index is 1.57. The zero-order valence-electron chi connectivity index (χ0n) is 13.5. The highest BCUT2D eigenvalue weighted by molar-refractivity contribution is 6.33. The van der Waals surface area contributed by atoms with Gasteiger partial charge in [-0.2, -0.15) is 4.98 Å². The Morgan fingerprint density at radius 1 is 1.20 bits per heavy atom. The lowest BCUT2D eigenvalue weighted by atomic mass is 10.2. The lowest BCUT2D eigenvalue weighted by Gasteiger charge is -2.13. The van der Waals surface area contributed by atoms with Gasteiger partial charge in [-0.1, -0.05) is 47.1 Å². The topological polar surface area (TPSA) is 77.2 Å². The number of halogens is 1. The van der Waals surface area contributed by atoms with Crippen LogP contribution in [0.15, 0.2) is 59.1 Å². The highest BCUT2D eigenvalue weighted by Gasteiger charge is 2.16. The minimum atomic E-state index is -0.645. The van der Waals surface area contributed by atoms with Crippen LogP contribution in [0, 0.1) is 0 Å². The van der Waals surface area contributed by atoms with Crippen molar-refractivity contribution in [1.29, 1.82) is 0 Å². The van der Waals surface area contributed by atoms with Crippen molar-refractivity contribution in [2.75, 3.05) is 0 Å². The highest BCUT2D eigenvalue weighted by Crippen LogP contribution is 2.24. The maximum absolute atomic E-state index is 12.1. The number of nitrogens with one attached hydrogen (secondary N) is 1. The van der Waals surface area contributed by atoms with Crippen LogP contribution in [0.25, 0.3) is 11.4 Å². The fourth-order valence-corrected chi connectivity index (χ4v) is 2.36. The lowest BCUT2D eigenvalue weighted by molar-refractivity contribution is -0.127. The predicted molar refractivity (Wildman–Crippen MR) is 93.1 cm³/mol. The predicted octanol–water partition coefficient (Wildman–Crippen LogP) is 3.47. The second kappa shape index (κ2) is 7.81. The molecule has 0 aliphatic rings. The van der Waals surface area contributed by atoms with Crippen LogP contribution in [0.3, 0.4) is 0 Å². The molecule has 2 aromatic carbocycles. The average molecular weight is 358 g/mol. The molecule has 1 heterocycles. The lowest BCUT2D eigenvalue weighted by Crippen LogP contribution is -2.35. The van der Waals surface area contributed by atoms with Gasteiger partial charge in [0.15, 0.2) is 6.10 Å². The van der Waals surface area contributed by atoms with Gasteiger partial charge in [-0.3, -0.25) is 4.79 Å². The largest absolute Gasteiger partial charge is 0.481 e. The van der Waals surface area contributed by atoms with Crippen LogP contribution < -0.4 is 10.1 Å². The number of benzene rings is 2. The standard InChI is InChI=1S/C18H16ClN3O3/c1-12(24-13-7-3-2-4-8-13)18(23)20-11-16-21-17(22-25-16)14-9-5-6-10-15(14)19/h2-10,12H,11H2,1H3,(H,20,23)/t12-/m0/s1. The molecule has 0 bridgehead atoms. The van der Waals surface area contributed by atoms with E-state index in [9.17, 15) is 4.79 Å². The number of nitrogens with zero attached hydrogens (tertiary/aromatic N) is 2. The first kappa shape index (κ1) is 17.0. The van der Waals surface area contributed by atoms with E-state index in [-0.39, 0.29) is 18.3 Å². The summed E-state index contributed by atoms with van der Waals surface area (Å²) in [4.78, 5) is 16.3. The molecule has 0 saturated heterocycles. The summed E-state index contributed by atoms with van der Waals surface area (Å²) in [5.41, 5.74) is 0.672. The molecule has 0 fully saturated rings. The van der Waals surface area contributed by atoms with Crippen molar-refractivity contribution < 1.29 is 14.1 Å². The minimum absolute atomic E-state index is 0.110. The van der Waals surface area contributed by atoms with Gasteiger partial charge in [-0.05, 0) is 31.2 Å². The minimum Gasteiger partial charge on any atom is -0.481 e. The highest BCUT2D eigenvalue weighted by atomic mass is 35.5. The van der Waals surface area contributed by atoms with Gasteiger partial charge >= 0.3 is 0 Å². The van der Waals surface area contributed by atoms with Crippen LogP contribution in [-0.4, -0.2) is 22.2 Å². The summed E-state index contributed by atoms with van der Waals surface area (Å²) in [6.45, 7) is 1.78. The summed E-state index contributed by atoms with van der Waals surface area (Å²) in [5.74, 6) is 1.02. The normalized spacial score (nSPS) is 11.8. The van der Waals surface area contributed by atoms with Crippen LogP contribution in [0.1, 0.15) is 12.8 Å². The van der Waals surface area contributed by atoms with Crippen molar-refractivity contribution in [2.24, 2.45) is 0 Å². The van der Waals surface area contributed by atoms with E-state index in [1.807, 2.05) is 30.3 Å². The third kappa shape index (κ3) is 4.36. The number of carbonyl (C=O) groups is 1. The first-order valence-electron chi connectivity index (χ1n) is 7.70. The van der Waals surface area contributed by atoms with Gasteiger partial charge in [0.05, 0.1) is 11.6 Å². The molecule has 0 aliphatic heterocycles. The molecule has 25 heavy (non-hydrogen) atoms. The Bertz CT molecular complexity index is 852. The number of para-hydroxylation sites is 1. The smallest absolute Gasteiger partial charge is 0.261 e.